The molecule has 0 fully saturated rings. The quantitative estimate of drug-likeness (QED) is 0.0245. The van der Waals surface area contributed by atoms with Gasteiger partial charge in [-0.05, 0) is 77.0 Å². The Labute approximate surface area is 389 Å². The average Bonchev–Trinajstić information content (AvgIpc) is 3.28. The summed E-state index contributed by atoms with van der Waals surface area (Å²) in [6.45, 7) is 6.22. The molecular formula is C57H99NO5. The Balaban J connectivity index is 4.59. The zero-order valence-electron chi connectivity index (χ0n) is 41.2. The normalized spacial score (nSPS) is 13.9. The Morgan fingerprint density at radius 2 is 0.937 bits per heavy atom. The molecule has 0 aliphatic heterocycles. The predicted molar refractivity (Wildman–Crippen MR) is 273 cm³/mol. The summed E-state index contributed by atoms with van der Waals surface area (Å²) in [6.07, 6.45) is 65.0. The van der Waals surface area contributed by atoms with Crippen LogP contribution in [0.25, 0.3) is 0 Å². The van der Waals surface area contributed by atoms with Crippen molar-refractivity contribution in [3.63, 3.8) is 0 Å². The monoisotopic (exact) mass is 878 g/mol. The van der Waals surface area contributed by atoms with E-state index in [0.29, 0.717) is 19.3 Å². The number of hydrogen-bond donors (Lipinski definition) is 3. The molecule has 3 N–H and O–H groups in total. The van der Waals surface area contributed by atoms with Gasteiger partial charge in [-0.1, -0.05) is 234 Å². The van der Waals surface area contributed by atoms with Gasteiger partial charge in [-0.15, -0.1) is 0 Å². The lowest BCUT2D eigenvalue weighted by molar-refractivity contribution is -0.151. The highest BCUT2D eigenvalue weighted by Crippen LogP contribution is 2.17. The van der Waals surface area contributed by atoms with Crippen LogP contribution < -0.4 is 5.32 Å². The molecule has 3 unspecified atom stereocenters. The van der Waals surface area contributed by atoms with Crippen LogP contribution in [0.15, 0.2) is 85.1 Å². The SMILES string of the molecule is CC/C=C/C=C/C=C/C=C\CCCCCCCC(=O)OC(CCCC/C=C/C/C=C/C/C=C/CC)CC(=O)NC(CO)C(O)CCCCCCCCCCCCCCCCCCC. The van der Waals surface area contributed by atoms with Gasteiger partial charge in [0.25, 0.3) is 0 Å². The number of allylic oxidation sites excluding steroid dienone is 14. The van der Waals surface area contributed by atoms with E-state index in [9.17, 15) is 19.8 Å². The Hall–Kier alpha value is -2.96. The molecule has 0 radical (unpaired) electrons. The van der Waals surface area contributed by atoms with Crippen molar-refractivity contribution < 1.29 is 24.5 Å². The van der Waals surface area contributed by atoms with Gasteiger partial charge in [0.1, 0.15) is 6.10 Å². The highest BCUT2D eigenvalue weighted by Gasteiger charge is 2.24. The van der Waals surface area contributed by atoms with Crippen LogP contribution in [-0.4, -0.2) is 46.9 Å². The van der Waals surface area contributed by atoms with Gasteiger partial charge in [0.15, 0.2) is 0 Å². The summed E-state index contributed by atoms with van der Waals surface area (Å²) in [5, 5.41) is 23.8. The van der Waals surface area contributed by atoms with Gasteiger partial charge < -0.3 is 20.3 Å². The first-order chi connectivity index (χ1) is 31.0. The minimum absolute atomic E-state index is 0.0378. The van der Waals surface area contributed by atoms with E-state index in [1.807, 2.05) is 18.2 Å². The Kier molecular flexibility index (Phi) is 47.7. The summed E-state index contributed by atoms with van der Waals surface area (Å²) in [5.74, 6) is -0.543. The molecule has 0 saturated heterocycles. The van der Waals surface area contributed by atoms with Crippen molar-refractivity contribution >= 4 is 11.9 Å². The lowest BCUT2D eigenvalue weighted by Gasteiger charge is -2.24. The average molecular weight is 878 g/mol. The van der Waals surface area contributed by atoms with Crippen molar-refractivity contribution in [1.82, 2.24) is 5.32 Å². The summed E-state index contributed by atoms with van der Waals surface area (Å²) in [7, 11) is 0. The van der Waals surface area contributed by atoms with Crippen LogP contribution in [-0.2, 0) is 14.3 Å². The van der Waals surface area contributed by atoms with E-state index in [0.717, 1.165) is 103 Å². The van der Waals surface area contributed by atoms with Crippen LogP contribution in [0.4, 0.5) is 0 Å². The highest BCUT2D eigenvalue weighted by molar-refractivity contribution is 5.77. The summed E-state index contributed by atoms with van der Waals surface area (Å²) in [4.78, 5) is 26.1. The van der Waals surface area contributed by atoms with Crippen molar-refractivity contribution in [3.8, 4) is 0 Å². The third-order valence-corrected chi connectivity index (χ3v) is 11.6. The fourth-order valence-corrected chi connectivity index (χ4v) is 7.63. The summed E-state index contributed by atoms with van der Waals surface area (Å²) >= 11 is 0. The third kappa shape index (κ3) is 45.4. The molecule has 0 aromatic carbocycles. The van der Waals surface area contributed by atoms with Crippen molar-refractivity contribution in [2.45, 2.75) is 257 Å². The van der Waals surface area contributed by atoms with Crippen molar-refractivity contribution in [1.29, 1.82) is 0 Å². The van der Waals surface area contributed by atoms with Crippen LogP contribution in [0.5, 0.6) is 0 Å². The molecule has 63 heavy (non-hydrogen) atoms. The molecule has 0 aliphatic rings. The summed E-state index contributed by atoms with van der Waals surface area (Å²) in [6, 6.07) is -0.723. The Morgan fingerprint density at radius 1 is 0.492 bits per heavy atom. The van der Waals surface area contributed by atoms with E-state index < -0.39 is 18.2 Å². The molecule has 0 spiro atoms. The molecule has 3 atom stereocenters. The molecule has 1 amide bonds. The number of hydrogen-bond acceptors (Lipinski definition) is 5. The van der Waals surface area contributed by atoms with Crippen molar-refractivity contribution in [3.05, 3.63) is 85.1 Å². The van der Waals surface area contributed by atoms with Gasteiger partial charge in [0, 0.05) is 6.42 Å². The maximum Gasteiger partial charge on any atom is 0.306 e. The smallest absolute Gasteiger partial charge is 0.306 e. The summed E-state index contributed by atoms with van der Waals surface area (Å²) < 4.78 is 5.90. The number of aliphatic hydroxyl groups is 2. The number of nitrogens with one attached hydrogen (secondary N) is 1. The minimum atomic E-state index is -0.806. The minimum Gasteiger partial charge on any atom is -0.462 e. The molecular weight excluding hydrogens is 779 g/mol. The molecule has 362 valence electrons. The number of aliphatic hydroxyl groups excluding tert-OH is 2. The first kappa shape index (κ1) is 60.0. The summed E-state index contributed by atoms with van der Waals surface area (Å²) in [5.41, 5.74) is 0. The van der Waals surface area contributed by atoms with Gasteiger partial charge in [0.2, 0.25) is 5.91 Å². The second kappa shape index (κ2) is 50.0. The lowest BCUT2D eigenvalue weighted by atomic mass is 10.0. The number of esters is 1. The van der Waals surface area contributed by atoms with Crippen LogP contribution >= 0.6 is 0 Å². The molecule has 0 rings (SSSR count). The van der Waals surface area contributed by atoms with Crippen LogP contribution in [0.3, 0.4) is 0 Å². The molecule has 0 aromatic rings. The van der Waals surface area contributed by atoms with Gasteiger partial charge >= 0.3 is 5.97 Å². The number of carbonyl (C=O) groups is 2. The van der Waals surface area contributed by atoms with E-state index >= 15 is 0 Å². The van der Waals surface area contributed by atoms with Gasteiger partial charge in [-0.25, -0.2) is 0 Å². The topological polar surface area (TPSA) is 95.9 Å². The third-order valence-electron chi connectivity index (χ3n) is 11.6. The standard InChI is InChI=1S/C57H99NO5/c1-4-7-10-13-16-19-22-25-27-28-30-31-34-37-40-43-46-49-55(60)54(52-59)58-56(61)51-53(48-45-42-39-36-33-24-21-18-15-12-9-6-3)63-57(62)50-47-44-41-38-35-32-29-26-23-20-17-14-11-8-5-2/h8-9,11-12,14,17-18,20-21,23,26,29,33,36,53-55,59-60H,4-7,10,13,15-16,19,22,24-25,27-28,30-32,34-35,37-52H2,1-3H3,(H,58,61)/b11-8+,12-9+,17-14+,21-18+,23-20+,29-26-,36-33+. The van der Waals surface area contributed by atoms with Gasteiger partial charge in [-0.3, -0.25) is 9.59 Å². The van der Waals surface area contributed by atoms with Crippen LogP contribution in [0.2, 0.25) is 0 Å². The maximum absolute atomic E-state index is 13.2. The predicted octanol–water partition coefficient (Wildman–Crippen LogP) is 16.0. The fraction of sp³-hybridized carbons (Fsp3) is 0.719. The number of ether oxygens (including phenoxy) is 1. The second-order valence-corrected chi connectivity index (χ2v) is 17.6. The molecule has 6 heteroatoms. The van der Waals surface area contributed by atoms with Crippen molar-refractivity contribution in [2.24, 2.45) is 0 Å². The number of amides is 1. The molecule has 0 aromatic heterocycles. The molecule has 6 nitrogen and oxygen atoms in total. The first-order valence-corrected chi connectivity index (χ1v) is 26.4. The maximum atomic E-state index is 13.2. The van der Waals surface area contributed by atoms with E-state index in [4.69, 9.17) is 4.74 Å². The number of carbonyl (C=O) groups excluding carboxylic acids is 2. The van der Waals surface area contributed by atoms with Crippen molar-refractivity contribution in [2.75, 3.05) is 6.61 Å². The highest BCUT2D eigenvalue weighted by atomic mass is 16.5. The zero-order chi connectivity index (χ0) is 45.9. The van der Waals surface area contributed by atoms with E-state index in [1.54, 1.807) is 0 Å². The van der Waals surface area contributed by atoms with Gasteiger partial charge in [-0.2, -0.15) is 0 Å². The largest absolute Gasteiger partial charge is 0.462 e. The first-order valence-electron chi connectivity index (χ1n) is 26.4. The Bertz CT molecular complexity index is 1210. The molecule has 0 heterocycles. The Morgan fingerprint density at radius 3 is 1.51 bits per heavy atom. The zero-order valence-corrected chi connectivity index (χ0v) is 41.2. The molecule has 0 bridgehead atoms. The van der Waals surface area contributed by atoms with E-state index in [-0.39, 0.29) is 24.9 Å². The van der Waals surface area contributed by atoms with E-state index in [2.05, 4.69) is 92.9 Å². The number of rotatable bonds is 46. The van der Waals surface area contributed by atoms with E-state index in [1.165, 1.54) is 89.9 Å². The fourth-order valence-electron chi connectivity index (χ4n) is 7.63. The lowest BCUT2D eigenvalue weighted by Crippen LogP contribution is -2.46. The van der Waals surface area contributed by atoms with Gasteiger partial charge in [0.05, 0.1) is 25.2 Å². The van der Waals surface area contributed by atoms with Crippen LogP contribution in [0.1, 0.15) is 239 Å². The second-order valence-electron chi connectivity index (χ2n) is 17.6. The number of unbranched alkanes of at least 4 members (excludes halogenated alkanes) is 23. The molecule has 0 saturated carbocycles. The molecule has 0 aliphatic carbocycles. The van der Waals surface area contributed by atoms with Crippen LogP contribution in [0, 0.1) is 0 Å².